The van der Waals surface area contributed by atoms with E-state index >= 15 is 0 Å². The third kappa shape index (κ3) is 3.40. The third-order valence-electron chi connectivity index (χ3n) is 2.24. The molecule has 0 spiro atoms. The smallest absolute Gasteiger partial charge is 0.271 e. The summed E-state index contributed by atoms with van der Waals surface area (Å²) < 4.78 is 4.87. The van der Waals surface area contributed by atoms with Crippen LogP contribution in [0.1, 0.15) is 21.8 Å². The number of nitrogens with one attached hydrogen (secondary N) is 1. The number of aliphatic hydroxyl groups excluding tert-OH is 1. The molecule has 1 amide bonds. The normalized spacial score (nSPS) is 9.53. The number of aromatic nitrogens is 2. The highest BCUT2D eigenvalue weighted by Gasteiger charge is 2.11. The van der Waals surface area contributed by atoms with Crippen molar-refractivity contribution in [2.24, 2.45) is 0 Å². The Morgan fingerprint density at radius 3 is 3.05 bits per heavy atom. The predicted octanol–water partition coefficient (Wildman–Crippen LogP) is 0.343. The van der Waals surface area contributed by atoms with Crippen LogP contribution < -0.4 is 5.32 Å². The van der Waals surface area contributed by atoms with Gasteiger partial charge in [0, 0.05) is 12.3 Å². The highest BCUT2D eigenvalue weighted by atomic mass is 16.5. The van der Waals surface area contributed by atoms with Crippen LogP contribution in [0.4, 0.5) is 0 Å². The minimum atomic E-state index is -0.362. The van der Waals surface area contributed by atoms with Gasteiger partial charge in [0.2, 0.25) is 0 Å². The molecule has 0 aromatic carbocycles. The number of carbonyl (C=O) groups excluding carboxylic acids is 1. The van der Waals surface area contributed by atoms with Gasteiger partial charge in [-0.2, -0.15) is 0 Å². The monoisotopic (exact) mass is 257 g/mol. The van der Waals surface area contributed by atoms with Crippen molar-refractivity contribution in [3.63, 3.8) is 0 Å². The molecule has 2 heterocycles. The molecular formula is C13H11N3O3. The van der Waals surface area contributed by atoms with Crippen LogP contribution in [-0.2, 0) is 6.54 Å². The van der Waals surface area contributed by atoms with Crippen molar-refractivity contribution in [2.45, 2.75) is 6.54 Å². The molecule has 0 radical (unpaired) electrons. The Bertz CT molecular complexity index is 612. The molecule has 0 fully saturated rings. The molecule has 0 aliphatic heterocycles. The molecule has 0 atom stereocenters. The summed E-state index contributed by atoms with van der Waals surface area (Å²) in [5.41, 5.74) is 0.676. The maximum absolute atomic E-state index is 12.0. The fraction of sp³-hybridized carbons (Fsp3) is 0.154. The molecule has 0 aliphatic rings. The lowest BCUT2D eigenvalue weighted by molar-refractivity contribution is 0.0942. The van der Waals surface area contributed by atoms with Gasteiger partial charge in [-0.3, -0.25) is 4.79 Å². The molecule has 2 aromatic rings. The lowest BCUT2D eigenvalue weighted by Gasteiger charge is -2.03. The van der Waals surface area contributed by atoms with Crippen molar-refractivity contribution in [1.82, 2.24) is 15.5 Å². The molecule has 0 saturated heterocycles. The Hall–Kier alpha value is -2.65. The fourth-order valence-electron chi connectivity index (χ4n) is 1.41. The Morgan fingerprint density at radius 1 is 1.42 bits per heavy atom. The second-order valence-corrected chi connectivity index (χ2v) is 3.52. The van der Waals surface area contributed by atoms with Crippen LogP contribution in [0.15, 0.2) is 35.1 Å². The number of amides is 1. The van der Waals surface area contributed by atoms with E-state index in [0.29, 0.717) is 11.3 Å². The highest BCUT2D eigenvalue weighted by Crippen LogP contribution is 2.04. The summed E-state index contributed by atoms with van der Waals surface area (Å²) in [6.45, 7) is -0.0453. The van der Waals surface area contributed by atoms with E-state index in [2.05, 4.69) is 27.3 Å². The lowest BCUT2D eigenvalue weighted by atomic mass is 10.2. The molecule has 19 heavy (non-hydrogen) atoms. The zero-order valence-electron chi connectivity index (χ0n) is 9.96. The average Bonchev–Trinajstić information content (AvgIpc) is 2.96. The Labute approximate surface area is 109 Å². The minimum Gasteiger partial charge on any atom is -0.384 e. The highest BCUT2D eigenvalue weighted by molar-refractivity contribution is 5.94. The average molecular weight is 257 g/mol. The molecular weight excluding hydrogens is 246 g/mol. The van der Waals surface area contributed by atoms with E-state index in [1.54, 1.807) is 18.2 Å². The molecule has 2 rings (SSSR count). The van der Waals surface area contributed by atoms with Gasteiger partial charge in [0.1, 0.15) is 12.3 Å². The van der Waals surface area contributed by atoms with E-state index in [1.807, 2.05) is 0 Å². The standard InChI is InChI=1S/C13H11N3O3/c17-8-2-4-10-3-1-6-14-12(10)13(18)15-9-11-5-7-16-19-11/h1,3,5-7,17H,8-9H2,(H,15,18). The van der Waals surface area contributed by atoms with Crippen molar-refractivity contribution in [3.05, 3.63) is 47.6 Å². The predicted molar refractivity (Wildman–Crippen MR) is 65.9 cm³/mol. The van der Waals surface area contributed by atoms with E-state index in [9.17, 15) is 4.79 Å². The Morgan fingerprint density at radius 2 is 2.32 bits per heavy atom. The molecule has 0 saturated carbocycles. The number of carbonyl (C=O) groups is 1. The molecule has 6 nitrogen and oxygen atoms in total. The van der Waals surface area contributed by atoms with Gasteiger partial charge in [-0.1, -0.05) is 17.0 Å². The van der Waals surface area contributed by atoms with Crippen molar-refractivity contribution >= 4 is 5.91 Å². The SMILES string of the molecule is O=C(NCc1ccno1)c1ncccc1C#CCO. The molecule has 6 heteroatoms. The van der Waals surface area contributed by atoms with Gasteiger partial charge in [0.25, 0.3) is 5.91 Å². The lowest BCUT2D eigenvalue weighted by Crippen LogP contribution is -2.24. The van der Waals surface area contributed by atoms with Gasteiger partial charge >= 0.3 is 0 Å². The van der Waals surface area contributed by atoms with Crippen LogP contribution >= 0.6 is 0 Å². The maximum Gasteiger partial charge on any atom is 0.271 e. The van der Waals surface area contributed by atoms with Crippen LogP contribution in [0.3, 0.4) is 0 Å². The number of rotatable bonds is 3. The van der Waals surface area contributed by atoms with E-state index < -0.39 is 0 Å². The Kier molecular flexibility index (Phi) is 4.26. The molecule has 2 aromatic heterocycles. The third-order valence-corrected chi connectivity index (χ3v) is 2.24. The number of nitrogens with zero attached hydrogens (tertiary/aromatic N) is 2. The summed E-state index contributed by atoms with van der Waals surface area (Å²) in [5.74, 6) is 5.35. The van der Waals surface area contributed by atoms with Gasteiger partial charge in [-0.25, -0.2) is 4.98 Å². The first-order valence-corrected chi connectivity index (χ1v) is 5.54. The molecule has 0 bridgehead atoms. The van der Waals surface area contributed by atoms with Crippen LogP contribution in [0.5, 0.6) is 0 Å². The van der Waals surface area contributed by atoms with Crippen LogP contribution in [0.25, 0.3) is 0 Å². The van der Waals surface area contributed by atoms with Gasteiger partial charge in [0.15, 0.2) is 5.76 Å². The zero-order valence-corrected chi connectivity index (χ0v) is 9.96. The zero-order chi connectivity index (χ0) is 13.5. The summed E-state index contributed by atoms with van der Waals surface area (Å²) in [5, 5.41) is 14.9. The van der Waals surface area contributed by atoms with Crippen LogP contribution in [0, 0.1) is 11.8 Å². The van der Waals surface area contributed by atoms with Crippen molar-refractivity contribution in [2.75, 3.05) is 6.61 Å². The van der Waals surface area contributed by atoms with Gasteiger partial charge in [-0.05, 0) is 12.1 Å². The Balaban J connectivity index is 2.10. The van der Waals surface area contributed by atoms with E-state index in [0.717, 1.165) is 0 Å². The van der Waals surface area contributed by atoms with Gasteiger partial charge in [-0.15, -0.1) is 0 Å². The van der Waals surface area contributed by atoms with Crippen molar-refractivity contribution in [3.8, 4) is 11.8 Å². The van der Waals surface area contributed by atoms with Crippen molar-refractivity contribution < 1.29 is 14.4 Å². The number of pyridine rings is 1. The molecule has 96 valence electrons. The minimum absolute atomic E-state index is 0.211. The summed E-state index contributed by atoms with van der Waals surface area (Å²) in [6, 6.07) is 5.00. The van der Waals surface area contributed by atoms with Crippen LogP contribution in [0.2, 0.25) is 0 Å². The van der Waals surface area contributed by atoms with Crippen molar-refractivity contribution in [1.29, 1.82) is 0 Å². The number of aliphatic hydroxyl groups is 1. The largest absolute Gasteiger partial charge is 0.384 e. The summed E-state index contributed by atoms with van der Waals surface area (Å²) >= 11 is 0. The second-order valence-electron chi connectivity index (χ2n) is 3.52. The van der Waals surface area contributed by atoms with Gasteiger partial charge < -0.3 is 14.9 Å². The summed E-state index contributed by atoms with van der Waals surface area (Å²) in [4.78, 5) is 15.9. The first kappa shape index (κ1) is 12.8. The molecule has 0 unspecified atom stereocenters. The van der Waals surface area contributed by atoms with E-state index in [-0.39, 0.29) is 24.8 Å². The number of hydrogen-bond donors (Lipinski definition) is 2. The van der Waals surface area contributed by atoms with Gasteiger partial charge in [0.05, 0.1) is 18.3 Å². The first-order chi connectivity index (χ1) is 9.31. The first-order valence-electron chi connectivity index (χ1n) is 5.54. The number of hydrogen-bond acceptors (Lipinski definition) is 5. The topological polar surface area (TPSA) is 88.3 Å². The summed E-state index contributed by atoms with van der Waals surface area (Å²) in [7, 11) is 0. The van der Waals surface area contributed by atoms with Crippen LogP contribution in [-0.4, -0.2) is 27.8 Å². The van der Waals surface area contributed by atoms with E-state index in [1.165, 1.54) is 12.4 Å². The fourth-order valence-corrected chi connectivity index (χ4v) is 1.41. The summed E-state index contributed by atoms with van der Waals surface area (Å²) in [6.07, 6.45) is 3.01. The van der Waals surface area contributed by atoms with E-state index in [4.69, 9.17) is 9.63 Å². The molecule has 0 aliphatic carbocycles. The maximum atomic E-state index is 12.0. The molecule has 2 N–H and O–H groups in total. The quantitative estimate of drug-likeness (QED) is 0.774. The second kappa shape index (κ2) is 6.33.